The fourth-order valence-corrected chi connectivity index (χ4v) is 2.68. The third-order valence-electron chi connectivity index (χ3n) is 3.95. The second kappa shape index (κ2) is 5.37. The van der Waals surface area contributed by atoms with E-state index in [0.29, 0.717) is 5.92 Å². The highest BCUT2D eigenvalue weighted by Crippen LogP contribution is 2.25. The largest absolute Gasteiger partial charge is 0.338 e. The Morgan fingerprint density at radius 2 is 1.70 bits per heavy atom. The minimum atomic E-state index is 0.411. The predicted octanol–water partition coefficient (Wildman–Crippen LogP) is 2.51. The molecule has 4 nitrogen and oxygen atoms in total. The molecule has 4 heteroatoms. The summed E-state index contributed by atoms with van der Waals surface area (Å²) in [5.41, 5.74) is 2.21. The molecule has 20 heavy (non-hydrogen) atoms. The zero-order valence-corrected chi connectivity index (χ0v) is 12.5. The molecule has 0 saturated carbocycles. The number of benzene rings is 1. The van der Waals surface area contributed by atoms with E-state index in [2.05, 4.69) is 48.9 Å². The van der Waals surface area contributed by atoms with Gasteiger partial charge < -0.3 is 9.80 Å². The van der Waals surface area contributed by atoms with Crippen molar-refractivity contribution in [3.8, 4) is 0 Å². The van der Waals surface area contributed by atoms with Gasteiger partial charge in [-0.15, -0.1) is 0 Å². The summed E-state index contributed by atoms with van der Waals surface area (Å²) in [6.45, 7) is 8.56. The van der Waals surface area contributed by atoms with Crippen LogP contribution >= 0.6 is 0 Å². The van der Waals surface area contributed by atoms with Gasteiger partial charge in [-0.3, -0.25) is 0 Å². The summed E-state index contributed by atoms with van der Waals surface area (Å²) in [6.07, 6.45) is 0. The van der Waals surface area contributed by atoms with Crippen LogP contribution in [-0.4, -0.2) is 48.1 Å². The molecule has 2 aromatic rings. The molecule has 0 radical (unpaired) electrons. The van der Waals surface area contributed by atoms with E-state index in [1.54, 1.807) is 0 Å². The molecule has 0 unspecified atom stereocenters. The number of fused-ring (bicyclic) bond motifs is 1. The van der Waals surface area contributed by atoms with Crippen LogP contribution in [0.2, 0.25) is 0 Å². The third kappa shape index (κ3) is 2.48. The Hall–Kier alpha value is -1.68. The fourth-order valence-electron chi connectivity index (χ4n) is 2.68. The smallest absolute Gasteiger partial charge is 0.226 e. The van der Waals surface area contributed by atoms with Gasteiger partial charge in [-0.2, -0.15) is 0 Å². The number of rotatable bonds is 2. The van der Waals surface area contributed by atoms with Gasteiger partial charge in [0.25, 0.3) is 0 Å². The highest BCUT2D eigenvalue weighted by molar-refractivity contribution is 5.82. The maximum atomic E-state index is 4.85. The van der Waals surface area contributed by atoms with Gasteiger partial charge in [0.1, 0.15) is 0 Å². The molecule has 3 rings (SSSR count). The molecular formula is C16H22N4. The highest BCUT2D eigenvalue weighted by Gasteiger charge is 2.19. The summed E-state index contributed by atoms with van der Waals surface area (Å²) in [5.74, 6) is 1.30. The molecule has 106 valence electrons. The first-order chi connectivity index (χ1) is 9.65. The Labute approximate surface area is 120 Å². The Morgan fingerprint density at radius 3 is 2.40 bits per heavy atom. The number of hydrogen-bond acceptors (Lipinski definition) is 4. The van der Waals surface area contributed by atoms with Gasteiger partial charge in [-0.05, 0) is 19.0 Å². The average Bonchev–Trinajstić information content (AvgIpc) is 2.46. The third-order valence-corrected chi connectivity index (χ3v) is 3.95. The normalized spacial score (nSPS) is 17.1. The molecule has 1 aromatic carbocycles. The minimum absolute atomic E-state index is 0.411. The summed E-state index contributed by atoms with van der Waals surface area (Å²) < 4.78 is 0. The number of aromatic nitrogens is 2. The molecule has 1 saturated heterocycles. The van der Waals surface area contributed by atoms with E-state index in [1.165, 1.54) is 5.39 Å². The molecule has 0 atom stereocenters. The van der Waals surface area contributed by atoms with Crippen molar-refractivity contribution >= 4 is 16.9 Å². The van der Waals surface area contributed by atoms with Gasteiger partial charge in [0, 0.05) is 31.6 Å². The molecule has 2 heterocycles. The van der Waals surface area contributed by atoms with E-state index in [0.717, 1.165) is 43.3 Å². The maximum Gasteiger partial charge on any atom is 0.226 e. The predicted molar refractivity (Wildman–Crippen MR) is 83.3 cm³/mol. The molecule has 1 aromatic heterocycles. The lowest BCUT2D eigenvalue weighted by Crippen LogP contribution is -2.45. The number of anilines is 1. The maximum absolute atomic E-state index is 4.85. The van der Waals surface area contributed by atoms with Crippen molar-refractivity contribution in [2.45, 2.75) is 19.8 Å². The van der Waals surface area contributed by atoms with Gasteiger partial charge in [-0.25, -0.2) is 9.97 Å². The Balaban J connectivity index is 2.03. The molecular weight excluding hydrogens is 248 g/mol. The van der Waals surface area contributed by atoms with Crippen molar-refractivity contribution in [3.63, 3.8) is 0 Å². The first kappa shape index (κ1) is 13.3. The van der Waals surface area contributed by atoms with Gasteiger partial charge in [0.05, 0.1) is 11.2 Å². The van der Waals surface area contributed by atoms with E-state index < -0.39 is 0 Å². The van der Waals surface area contributed by atoms with Crippen molar-refractivity contribution in [2.24, 2.45) is 0 Å². The second-order valence-electron chi connectivity index (χ2n) is 5.87. The van der Waals surface area contributed by atoms with Gasteiger partial charge in [0.2, 0.25) is 5.95 Å². The highest BCUT2D eigenvalue weighted by atomic mass is 15.3. The molecule has 1 aliphatic heterocycles. The van der Waals surface area contributed by atoms with Crippen LogP contribution in [0.3, 0.4) is 0 Å². The lowest BCUT2D eigenvalue weighted by atomic mass is 10.0. The monoisotopic (exact) mass is 270 g/mol. The van der Waals surface area contributed by atoms with Crippen LogP contribution in [0.1, 0.15) is 25.5 Å². The lowest BCUT2D eigenvalue weighted by molar-refractivity contribution is 0.311. The average molecular weight is 270 g/mol. The van der Waals surface area contributed by atoms with Crippen molar-refractivity contribution in [1.82, 2.24) is 14.9 Å². The molecule has 0 aliphatic carbocycles. The molecule has 1 aliphatic rings. The first-order valence-corrected chi connectivity index (χ1v) is 7.35. The Kier molecular flexibility index (Phi) is 3.57. The van der Waals surface area contributed by atoms with Crippen LogP contribution in [0, 0.1) is 0 Å². The summed E-state index contributed by atoms with van der Waals surface area (Å²) >= 11 is 0. The van der Waals surface area contributed by atoms with Crippen molar-refractivity contribution in [1.29, 1.82) is 0 Å². The van der Waals surface area contributed by atoms with E-state index in [4.69, 9.17) is 9.97 Å². The topological polar surface area (TPSA) is 32.3 Å². The van der Waals surface area contributed by atoms with E-state index >= 15 is 0 Å². The number of nitrogens with zero attached hydrogens (tertiary/aromatic N) is 4. The van der Waals surface area contributed by atoms with Crippen LogP contribution in [-0.2, 0) is 0 Å². The van der Waals surface area contributed by atoms with Crippen LogP contribution in [0.5, 0.6) is 0 Å². The number of likely N-dealkylation sites (N-methyl/N-ethyl adjacent to an activating group) is 1. The van der Waals surface area contributed by atoms with E-state index in [1.807, 2.05) is 6.07 Å². The van der Waals surface area contributed by atoms with Crippen LogP contribution in [0.15, 0.2) is 24.3 Å². The second-order valence-corrected chi connectivity index (χ2v) is 5.87. The summed E-state index contributed by atoms with van der Waals surface area (Å²) in [5, 5.41) is 1.18. The number of para-hydroxylation sites is 1. The van der Waals surface area contributed by atoms with Crippen LogP contribution < -0.4 is 4.90 Å². The minimum Gasteiger partial charge on any atom is -0.338 e. The van der Waals surface area contributed by atoms with E-state index in [-0.39, 0.29) is 0 Å². The molecule has 0 amide bonds. The first-order valence-electron chi connectivity index (χ1n) is 7.35. The molecule has 1 fully saturated rings. The fraction of sp³-hybridized carbons (Fsp3) is 0.500. The van der Waals surface area contributed by atoms with Crippen molar-refractivity contribution in [3.05, 3.63) is 30.0 Å². The zero-order valence-electron chi connectivity index (χ0n) is 12.5. The van der Waals surface area contributed by atoms with Crippen LogP contribution in [0.25, 0.3) is 10.9 Å². The summed E-state index contributed by atoms with van der Waals surface area (Å²) in [7, 11) is 2.16. The zero-order chi connectivity index (χ0) is 14.1. The number of hydrogen-bond donors (Lipinski definition) is 0. The van der Waals surface area contributed by atoms with Crippen LogP contribution in [0.4, 0.5) is 5.95 Å². The molecule has 0 spiro atoms. The van der Waals surface area contributed by atoms with Crippen molar-refractivity contribution < 1.29 is 0 Å². The lowest BCUT2D eigenvalue weighted by Gasteiger charge is -2.32. The number of piperazine rings is 1. The van der Waals surface area contributed by atoms with Gasteiger partial charge in [-0.1, -0.05) is 32.0 Å². The van der Waals surface area contributed by atoms with Gasteiger partial charge >= 0.3 is 0 Å². The van der Waals surface area contributed by atoms with E-state index in [9.17, 15) is 0 Å². The molecule has 0 bridgehead atoms. The Morgan fingerprint density at radius 1 is 1.00 bits per heavy atom. The standard InChI is InChI=1S/C16H22N4/c1-12(2)15-13-6-4-5-7-14(13)17-16(18-15)20-10-8-19(3)9-11-20/h4-7,12H,8-11H2,1-3H3. The Bertz CT molecular complexity index is 600. The van der Waals surface area contributed by atoms with Gasteiger partial charge in [0.15, 0.2) is 0 Å². The summed E-state index contributed by atoms with van der Waals surface area (Å²) in [4.78, 5) is 14.3. The summed E-state index contributed by atoms with van der Waals surface area (Å²) in [6, 6.07) is 8.32. The van der Waals surface area contributed by atoms with Crippen molar-refractivity contribution in [2.75, 3.05) is 38.1 Å². The SMILES string of the molecule is CC(C)c1nc(N2CCN(C)CC2)nc2ccccc12. The molecule has 0 N–H and O–H groups in total. The quantitative estimate of drug-likeness (QED) is 0.839.